The molecular formula is C7H12Cl4. The van der Waals surface area contributed by atoms with Crippen LogP contribution in [-0.2, 0) is 0 Å². The lowest BCUT2D eigenvalue weighted by Crippen LogP contribution is -2.15. The van der Waals surface area contributed by atoms with Gasteiger partial charge in [-0.2, -0.15) is 0 Å². The molecule has 0 heterocycles. The average molecular weight is 238 g/mol. The lowest BCUT2D eigenvalue weighted by molar-refractivity contribution is 0.676. The highest BCUT2D eigenvalue weighted by molar-refractivity contribution is 6.30. The van der Waals surface area contributed by atoms with Crippen molar-refractivity contribution in [2.24, 2.45) is 0 Å². The summed E-state index contributed by atoms with van der Waals surface area (Å²) in [6.07, 6.45) is 2.55. The molecule has 0 aliphatic rings. The van der Waals surface area contributed by atoms with Crippen LogP contribution in [0, 0.1) is 0 Å². The molecule has 2 unspecified atom stereocenters. The lowest BCUT2D eigenvalue weighted by Gasteiger charge is -2.13. The molecule has 0 aromatic rings. The number of hydrogen-bond acceptors (Lipinski definition) is 0. The van der Waals surface area contributed by atoms with Gasteiger partial charge in [-0.25, -0.2) is 0 Å². The van der Waals surface area contributed by atoms with Gasteiger partial charge in [-0.1, -0.05) is 0 Å². The number of alkyl halides is 4. The Balaban J connectivity index is 3.38. The SMILES string of the molecule is ClCCCC(Cl)C(Cl)CCCl. The van der Waals surface area contributed by atoms with E-state index in [1.807, 2.05) is 0 Å². The minimum Gasteiger partial charge on any atom is -0.127 e. The van der Waals surface area contributed by atoms with Crippen LogP contribution in [0.3, 0.4) is 0 Å². The van der Waals surface area contributed by atoms with Crippen LogP contribution >= 0.6 is 46.4 Å². The summed E-state index contributed by atoms with van der Waals surface area (Å²) in [7, 11) is 0. The van der Waals surface area contributed by atoms with Crippen molar-refractivity contribution >= 4 is 46.4 Å². The molecule has 68 valence electrons. The first kappa shape index (κ1) is 12.2. The van der Waals surface area contributed by atoms with Crippen molar-refractivity contribution in [2.75, 3.05) is 11.8 Å². The highest BCUT2D eigenvalue weighted by Crippen LogP contribution is 2.19. The van der Waals surface area contributed by atoms with E-state index in [1.54, 1.807) is 0 Å². The average Bonchev–Trinajstić information content (AvgIpc) is 2.00. The van der Waals surface area contributed by atoms with Gasteiger partial charge in [0.2, 0.25) is 0 Å². The molecular weight excluding hydrogens is 226 g/mol. The van der Waals surface area contributed by atoms with E-state index in [2.05, 4.69) is 0 Å². The van der Waals surface area contributed by atoms with Crippen LogP contribution in [0.15, 0.2) is 0 Å². The zero-order valence-corrected chi connectivity index (χ0v) is 9.23. The van der Waals surface area contributed by atoms with Crippen molar-refractivity contribution in [1.29, 1.82) is 0 Å². The fourth-order valence-corrected chi connectivity index (χ4v) is 1.75. The third-order valence-corrected chi connectivity index (χ3v) is 3.05. The Morgan fingerprint density at radius 2 is 1.36 bits per heavy atom. The smallest absolute Gasteiger partial charge is 0.0511 e. The second-order valence-electron chi connectivity index (χ2n) is 2.34. The zero-order chi connectivity index (χ0) is 8.69. The molecule has 11 heavy (non-hydrogen) atoms. The Kier molecular flexibility index (Phi) is 8.61. The highest BCUT2D eigenvalue weighted by atomic mass is 35.5. The maximum atomic E-state index is 5.94. The molecule has 0 bridgehead atoms. The third kappa shape index (κ3) is 6.33. The second kappa shape index (κ2) is 7.79. The van der Waals surface area contributed by atoms with Crippen molar-refractivity contribution in [2.45, 2.75) is 30.0 Å². The van der Waals surface area contributed by atoms with Gasteiger partial charge in [0.05, 0.1) is 10.8 Å². The second-order valence-corrected chi connectivity index (χ2v) is 4.22. The maximum Gasteiger partial charge on any atom is 0.0511 e. The number of halogens is 4. The minimum atomic E-state index is -0.0163. The Labute approximate surface area is 88.1 Å². The van der Waals surface area contributed by atoms with Crippen molar-refractivity contribution in [3.63, 3.8) is 0 Å². The summed E-state index contributed by atoms with van der Waals surface area (Å²) < 4.78 is 0. The van der Waals surface area contributed by atoms with Crippen molar-refractivity contribution in [3.05, 3.63) is 0 Å². The summed E-state index contributed by atoms with van der Waals surface area (Å²) in [6.45, 7) is 0. The van der Waals surface area contributed by atoms with Crippen LogP contribution < -0.4 is 0 Å². The molecule has 0 saturated carbocycles. The summed E-state index contributed by atoms with van der Waals surface area (Å²) in [5, 5.41) is -0.00782. The molecule has 2 atom stereocenters. The normalized spacial score (nSPS) is 16.4. The molecule has 0 spiro atoms. The van der Waals surface area contributed by atoms with E-state index < -0.39 is 0 Å². The van der Waals surface area contributed by atoms with E-state index in [4.69, 9.17) is 46.4 Å². The first-order valence-electron chi connectivity index (χ1n) is 3.62. The van der Waals surface area contributed by atoms with Gasteiger partial charge in [0, 0.05) is 11.8 Å². The van der Waals surface area contributed by atoms with Crippen LogP contribution in [0.2, 0.25) is 0 Å². The number of rotatable bonds is 6. The first-order valence-corrected chi connectivity index (χ1v) is 5.56. The van der Waals surface area contributed by atoms with E-state index in [1.165, 1.54) is 0 Å². The fraction of sp³-hybridized carbons (Fsp3) is 1.00. The zero-order valence-electron chi connectivity index (χ0n) is 6.20. The van der Waals surface area contributed by atoms with Crippen molar-refractivity contribution in [3.8, 4) is 0 Å². The first-order chi connectivity index (χ1) is 5.22. The predicted molar refractivity (Wildman–Crippen MR) is 54.6 cm³/mol. The quantitative estimate of drug-likeness (QED) is 0.616. The molecule has 0 amide bonds. The van der Waals surface area contributed by atoms with Gasteiger partial charge in [-0.05, 0) is 19.3 Å². The van der Waals surface area contributed by atoms with Gasteiger partial charge < -0.3 is 0 Å². The maximum absolute atomic E-state index is 5.94. The Bertz CT molecular complexity index is 86.5. The van der Waals surface area contributed by atoms with E-state index >= 15 is 0 Å². The van der Waals surface area contributed by atoms with Crippen molar-refractivity contribution < 1.29 is 0 Å². The van der Waals surface area contributed by atoms with E-state index in [0.717, 1.165) is 19.3 Å². The molecule has 0 aliphatic heterocycles. The fourth-order valence-electron chi connectivity index (χ4n) is 0.738. The van der Waals surface area contributed by atoms with Crippen LogP contribution in [0.1, 0.15) is 19.3 Å². The van der Waals surface area contributed by atoms with E-state index in [9.17, 15) is 0 Å². The van der Waals surface area contributed by atoms with Gasteiger partial charge in [-0.15, -0.1) is 46.4 Å². The molecule has 0 radical (unpaired) electrons. The summed E-state index contributed by atoms with van der Waals surface area (Å²) in [5.74, 6) is 1.21. The molecule has 0 aromatic carbocycles. The molecule has 0 rings (SSSR count). The number of hydrogen-bond donors (Lipinski definition) is 0. The lowest BCUT2D eigenvalue weighted by atomic mass is 10.1. The van der Waals surface area contributed by atoms with Gasteiger partial charge in [0.1, 0.15) is 0 Å². The minimum absolute atomic E-state index is 0.00849. The highest BCUT2D eigenvalue weighted by Gasteiger charge is 2.14. The molecule has 0 aliphatic carbocycles. The van der Waals surface area contributed by atoms with Gasteiger partial charge in [-0.3, -0.25) is 0 Å². The van der Waals surface area contributed by atoms with Gasteiger partial charge >= 0.3 is 0 Å². The Morgan fingerprint density at radius 3 is 1.82 bits per heavy atom. The van der Waals surface area contributed by atoms with E-state index in [0.29, 0.717) is 11.8 Å². The van der Waals surface area contributed by atoms with Crippen molar-refractivity contribution in [1.82, 2.24) is 0 Å². The standard InChI is InChI=1S/C7H12Cl4/c8-4-1-2-6(10)7(11)3-5-9/h6-7H,1-5H2. The third-order valence-electron chi connectivity index (χ3n) is 1.39. The molecule has 0 saturated heterocycles. The Morgan fingerprint density at radius 1 is 0.818 bits per heavy atom. The van der Waals surface area contributed by atoms with Crippen LogP contribution in [0.5, 0.6) is 0 Å². The molecule has 0 fully saturated rings. The summed E-state index contributed by atoms with van der Waals surface area (Å²) >= 11 is 22.9. The molecule has 4 heteroatoms. The Hall–Kier alpha value is 1.16. The molecule has 0 nitrogen and oxygen atoms in total. The molecule has 0 aromatic heterocycles. The topological polar surface area (TPSA) is 0 Å². The molecule has 0 N–H and O–H groups in total. The van der Waals surface area contributed by atoms with Crippen LogP contribution in [0.25, 0.3) is 0 Å². The summed E-state index contributed by atoms with van der Waals surface area (Å²) in [6, 6.07) is 0. The van der Waals surface area contributed by atoms with Gasteiger partial charge in [0.25, 0.3) is 0 Å². The summed E-state index contributed by atoms with van der Waals surface area (Å²) in [4.78, 5) is 0. The van der Waals surface area contributed by atoms with Crippen LogP contribution in [0.4, 0.5) is 0 Å². The van der Waals surface area contributed by atoms with E-state index in [-0.39, 0.29) is 10.8 Å². The summed E-state index contributed by atoms with van der Waals surface area (Å²) in [5.41, 5.74) is 0. The van der Waals surface area contributed by atoms with Gasteiger partial charge in [0.15, 0.2) is 0 Å². The monoisotopic (exact) mass is 236 g/mol. The predicted octanol–water partition coefficient (Wildman–Crippen LogP) is 3.85. The van der Waals surface area contributed by atoms with Crippen LogP contribution in [-0.4, -0.2) is 22.5 Å². The largest absolute Gasteiger partial charge is 0.127 e.